The van der Waals surface area contributed by atoms with Crippen molar-refractivity contribution in [2.24, 2.45) is 0 Å². The highest BCUT2D eigenvalue weighted by atomic mass is 19.1. The van der Waals surface area contributed by atoms with Crippen LogP contribution >= 0.6 is 0 Å². The van der Waals surface area contributed by atoms with Gasteiger partial charge in [0.1, 0.15) is 5.75 Å². The van der Waals surface area contributed by atoms with Crippen LogP contribution in [0.5, 0.6) is 5.75 Å². The summed E-state index contributed by atoms with van der Waals surface area (Å²) in [6, 6.07) is 16.1. The zero-order valence-electron chi connectivity index (χ0n) is 9.40. The van der Waals surface area contributed by atoms with Gasteiger partial charge >= 0.3 is 0 Å². The monoisotopic (exact) mass is 228 g/mol. The summed E-state index contributed by atoms with van der Waals surface area (Å²) in [6.45, 7) is 0. The molecular formula is C15H13FO. The van der Waals surface area contributed by atoms with E-state index in [2.05, 4.69) is 18.2 Å². The first-order chi connectivity index (χ1) is 8.33. The van der Waals surface area contributed by atoms with Crippen LogP contribution in [0.2, 0.25) is 0 Å². The third kappa shape index (κ3) is 2.03. The zero-order chi connectivity index (χ0) is 11.7. The highest BCUT2D eigenvalue weighted by Gasteiger charge is 2.18. The molecule has 17 heavy (non-hydrogen) atoms. The molecule has 0 aromatic heterocycles. The van der Waals surface area contributed by atoms with Crippen molar-refractivity contribution in [3.8, 4) is 16.9 Å². The summed E-state index contributed by atoms with van der Waals surface area (Å²) >= 11 is 0. The van der Waals surface area contributed by atoms with Crippen molar-refractivity contribution < 1.29 is 9.13 Å². The number of rotatable bonds is 1. The summed E-state index contributed by atoms with van der Waals surface area (Å²) in [5.74, 6) is 0.684. The Balaban J connectivity index is 1.99. The maximum Gasteiger partial charge on any atom is 0.238 e. The normalized spacial score (nSPS) is 18.3. The second-order valence-corrected chi connectivity index (χ2v) is 4.26. The summed E-state index contributed by atoms with van der Waals surface area (Å²) in [5.41, 5.74) is 3.43. The Bertz CT molecular complexity index is 522. The van der Waals surface area contributed by atoms with Gasteiger partial charge in [-0.2, -0.15) is 0 Å². The van der Waals surface area contributed by atoms with E-state index in [9.17, 15) is 4.39 Å². The Morgan fingerprint density at radius 1 is 1.00 bits per heavy atom. The average molecular weight is 228 g/mol. The molecule has 0 saturated carbocycles. The number of fused-ring (bicyclic) bond motifs is 1. The molecule has 0 N–H and O–H groups in total. The van der Waals surface area contributed by atoms with Gasteiger partial charge in [-0.15, -0.1) is 0 Å². The van der Waals surface area contributed by atoms with Gasteiger partial charge in [0.2, 0.25) is 6.36 Å². The first-order valence-corrected chi connectivity index (χ1v) is 5.82. The first kappa shape index (κ1) is 10.3. The molecule has 0 saturated heterocycles. The minimum atomic E-state index is -1.15. The van der Waals surface area contributed by atoms with Gasteiger partial charge in [-0.3, -0.25) is 0 Å². The predicted molar refractivity (Wildman–Crippen MR) is 65.7 cm³/mol. The molecule has 1 aliphatic heterocycles. The number of hydrogen-bond donors (Lipinski definition) is 0. The molecule has 0 bridgehead atoms. The summed E-state index contributed by atoms with van der Waals surface area (Å²) < 4.78 is 18.2. The van der Waals surface area contributed by atoms with Crippen LogP contribution in [0.4, 0.5) is 4.39 Å². The Kier molecular flexibility index (Phi) is 2.56. The van der Waals surface area contributed by atoms with Crippen molar-refractivity contribution in [2.75, 3.05) is 0 Å². The summed E-state index contributed by atoms with van der Waals surface area (Å²) in [6.07, 6.45) is 0.0488. The van der Waals surface area contributed by atoms with Crippen molar-refractivity contribution in [2.45, 2.75) is 19.2 Å². The van der Waals surface area contributed by atoms with E-state index >= 15 is 0 Å². The van der Waals surface area contributed by atoms with Gasteiger partial charge in [-0.05, 0) is 35.2 Å². The standard InChI is InChI=1S/C15H13FO/c16-15-9-7-13-10-12(6-8-14(13)17-15)11-4-2-1-3-5-11/h1-6,8,10,15H,7,9H2. The van der Waals surface area contributed by atoms with Crippen LogP contribution in [0, 0.1) is 0 Å². The number of halogens is 1. The molecule has 1 aliphatic rings. The van der Waals surface area contributed by atoms with Gasteiger partial charge in [0.05, 0.1) is 0 Å². The van der Waals surface area contributed by atoms with E-state index in [-0.39, 0.29) is 0 Å². The fraction of sp³-hybridized carbons (Fsp3) is 0.200. The maximum atomic E-state index is 13.1. The van der Waals surface area contributed by atoms with Crippen LogP contribution in [0.15, 0.2) is 48.5 Å². The first-order valence-electron chi connectivity index (χ1n) is 5.82. The molecule has 1 nitrogen and oxygen atoms in total. The number of ether oxygens (including phenoxy) is 1. The van der Waals surface area contributed by atoms with E-state index in [1.165, 1.54) is 5.56 Å². The Labute approximate surface area is 99.9 Å². The van der Waals surface area contributed by atoms with E-state index < -0.39 is 6.36 Å². The highest BCUT2D eigenvalue weighted by Crippen LogP contribution is 2.32. The third-order valence-corrected chi connectivity index (χ3v) is 3.06. The predicted octanol–water partition coefficient (Wildman–Crippen LogP) is 3.97. The summed E-state index contributed by atoms with van der Waals surface area (Å²) in [5, 5.41) is 0. The van der Waals surface area contributed by atoms with Crippen molar-refractivity contribution in [3.05, 3.63) is 54.1 Å². The van der Waals surface area contributed by atoms with Gasteiger partial charge in [0.25, 0.3) is 0 Å². The molecule has 86 valence electrons. The van der Waals surface area contributed by atoms with Gasteiger partial charge in [0.15, 0.2) is 0 Å². The van der Waals surface area contributed by atoms with E-state index in [0.717, 1.165) is 17.5 Å². The highest BCUT2D eigenvalue weighted by molar-refractivity contribution is 5.65. The molecule has 2 heteroatoms. The van der Waals surface area contributed by atoms with Crippen LogP contribution < -0.4 is 4.74 Å². The van der Waals surface area contributed by atoms with Gasteiger partial charge in [-0.1, -0.05) is 36.4 Å². The lowest BCUT2D eigenvalue weighted by molar-refractivity contribution is 0.0477. The van der Waals surface area contributed by atoms with E-state index in [4.69, 9.17) is 4.74 Å². The van der Waals surface area contributed by atoms with Crippen molar-refractivity contribution in [1.29, 1.82) is 0 Å². The Morgan fingerprint density at radius 2 is 1.82 bits per heavy atom. The molecule has 2 aromatic carbocycles. The molecule has 3 rings (SSSR count). The van der Waals surface area contributed by atoms with Crippen molar-refractivity contribution in [1.82, 2.24) is 0 Å². The van der Waals surface area contributed by atoms with E-state index in [1.807, 2.05) is 30.3 Å². The number of aryl methyl sites for hydroxylation is 1. The molecule has 0 amide bonds. The van der Waals surface area contributed by atoms with E-state index in [1.54, 1.807) is 0 Å². The topological polar surface area (TPSA) is 9.23 Å². The second-order valence-electron chi connectivity index (χ2n) is 4.26. The van der Waals surface area contributed by atoms with Crippen LogP contribution in [0.3, 0.4) is 0 Å². The maximum absolute atomic E-state index is 13.1. The lowest BCUT2D eigenvalue weighted by Crippen LogP contribution is -2.17. The van der Waals surface area contributed by atoms with Crippen LogP contribution in [0.1, 0.15) is 12.0 Å². The fourth-order valence-corrected chi connectivity index (χ4v) is 2.17. The summed E-state index contributed by atoms with van der Waals surface area (Å²) in [7, 11) is 0. The Hall–Kier alpha value is -1.83. The molecule has 1 heterocycles. The zero-order valence-corrected chi connectivity index (χ0v) is 9.40. The van der Waals surface area contributed by atoms with Crippen molar-refractivity contribution in [3.63, 3.8) is 0 Å². The quantitative estimate of drug-likeness (QED) is 0.717. The lowest BCUT2D eigenvalue weighted by Gasteiger charge is -2.21. The minimum Gasteiger partial charge on any atom is -0.460 e. The van der Waals surface area contributed by atoms with Gasteiger partial charge in [0, 0.05) is 6.42 Å². The van der Waals surface area contributed by atoms with Gasteiger partial charge < -0.3 is 4.74 Å². The summed E-state index contributed by atoms with van der Waals surface area (Å²) in [4.78, 5) is 0. The molecule has 2 aromatic rings. The SMILES string of the molecule is FC1CCc2cc(-c3ccccc3)ccc2O1. The van der Waals surface area contributed by atoms with Crippen LogP contribution in [-0.2, 0) is 6.42 Å². The largest absolute Gasteiger partial charge is 0.460 e. The molecule has 0 radical (unpaired) electrons. The number of hydrogen-bond acceptors (Lipinski definition) is 1. The van der Waals surface area contributed by atoms with Crippen molar-refractivity contribution >= 4 is 0 Å². The fourth-order valence-electron chi connectivity index (χ4n) is 2.17. The molecule has 1 atom stereocenters. The lowest BCUT2D eigenvalue weighted by atomic mass is 9.99. The Morgan fingerprint density at radius 3 is 2.65 bits per heavy atom. The number of benzene rings is 2. The minimum absolute atomic E-state index is 0.450. The molecule has 1 unspecified atom stereocenters. The van der Waals surface area contributed by atoms with Crippen LogP contribution in [-0.4, -0.2) is 6.36 Å². The third-order valence-electron chi connectivity index (χ3n) is 3.06. The van der Waals surface area contributed by atoms with Crippen LogP contribution in [0.25, 0.3) is 11.1 Å². The van der Waals surface area contributed by atoms with E-state index in [0.29, 0.717) is 12.2 Å². The number of alkyl halides is 1. The smallest absolute Gasteiger partial charge is 0.238 e. The molecule has 0 spiro atoms. The molecular weight excluding hydrogens is 215 g/mol. The van der Waals surface area contributed by atoms with Gasteiger partial charge in [-0.25, -0.2) is 4.39 Å². The molecule has 0 aliphatic carbocycles. The molecule has 0 fully saturated rings. The second kappa shape index (κ2) is 4.21. The average Bonchev–Trinajstić information content (AvgIpc) is 2.39.